The molecule has 1 nitrogen and oxygen atoms in total. The van der Waals surface area contributed by atoms with Gasteiger partial charge in [-0.25, -0.2) is 0 Å². The third-order valence-electron chi connectivity index (χ3n) is 2.39. The quantitative estimate of drug-likeness (QED) is 0.418. The van der Waals surface area contributed by atoms with Gasteiger partial charge in [0.1, 0.15) is 6.29 Å². The van der Waals surface area contributed by atoms with E-state index in [1.165, 1.54) is 5.19 Å². The van der Waals surface area contributed by atoms with Gasteiger partial charge in [-0.05, 0) is 11.6 Å². The molecule has 0 aliphatic carbocycles. The van der Waals surface area contributed by atoms with Crippen molar-refractivity contribution in [1.29, 1.82) is 0 Å². The van der Waals surface area contributed by atoms with E-state index in [-0.39, 0.29) is 0 Å². The Kier molecular flexibility index (Phi) is 3.41. The molecule has 0 radical (unpaired) electrons. The van der Waals surface area contributed by atoms with E-state index >= 15 is 0 Å². The second-order valence-electron chi connectivity index (χ2n) is 4.20. The average Bonchev–Trinajstić information content (AvgIpc) is 2.18. The molecular weight excluding hydrogens is 188 g/mol. The maximum atomic E-state index is 10.5. The van der Waals surface area contributed by atoms with Crippen molar-refractivity contribution in [2.45, 2.75) is 19.1 Å². The minimum atomic E-state index is -1.49. The molecule has 0 N–H and O–H groups in total. The first-order chi connectivity index (χ1) is 6.56. The molecule has 0 bridgehead atoms. The molecule has 0 aliphatic heterocycles. The summed E-state index contributed by atoms with van der Waals surface area (Å²) >= 11 is 0. The minimum absolute atomic E-state index is 0.713. The maximum Gasteiger partial charge on any atom is 0.145 e. The number of carbonyl (C=O) groups is 1. The van der Waals surface area contributed by atoms with Crippen molar-refractivity contribution in [3.63, 3.8) is 0 Å². The lowest BCUT2D eigenvalue weighted by molar-refractivity contribution is -0.104. The fraction of sp³-hybridized carbons (Fsp3) is 0.250. The molecule has 0 fully saturated rings. The second kappa shape index (κ2) is 4.38. The van der Waals surface area contributed by atoms with Crippen molar-refractivity contribution in [2.75, 3.05) is 0 Å². The van der Waals surface area contributed by atoms with E-state index in [0.717, 1.165) is 12.3 Å². The predicted molar refractivity (Wildman–Crippen MR) is 63.6 cm³/mol. The number of benzene rings is 1. The molecule has 0 aromatic heterocycles. The number of hydrogen-bond donors (Lipinski definition) is 0. The number of hydrogen-bond acceptors (Lipinski definition) is 1. The SMILES string of the molecule is C=C(C=O)C[Si](C)(C)c1ccccc1. The molecule has 2 heteroatoms. The first-order valence-corrected chi connectivity index (χ1v) is 7.95. The predicted octanol–water partition coefficient (Wildman–Crippen LogP) is 2.36. The summed E-state index contributed by atoms with van der Waals surface area (Å²) in [4.78, 5) is 10.5. The summed E-state index contributed by atoms with van der Waals surface area (Å²) in [6, 6.07) is 11.2. The molecule has 0 heterocycles. The zero-order chi connectivity index (χ0) is 10.6. The Hall–Kier alpha value is -1.15. The van der Waals surface area contributed by atoms with Crippen molar-refractivity contribution >= 4 is 19.5 Å². The van der Waals surface area contributed by atoms with Crippen LogP contribution in [0.2, 0.25) is 19.1 Å². The van der Waals surface area contributed by atoms with E-state index in [2.05, 4.69) is 31.8 Å². The fourth-order valence-electron chi connectivity index (χ4n) is 1.60. The van der Waals surface area contributed by atoms with Gasteiger partial charge in [-0.2, -0.15) is 0 Å². The van der Waals surface area contributed by atoms with Crippen LogP contribution < -0.4 is 5.19 Å². The smallest absolute Gasteiger partial charge is 0.145 e. The van der Waals surface area contributed by atoms with E-state index in [1.54, 1.807) is 0 Å². The number of aldehydes is 1. The Morgan fingerprint density at radius 2 is 1.93 bits per heavy atom. The van der Waals surface area contributed by atoms with Gasteiger partial charge in [0.05, 0.1) is 8.07 Å². The lowest BCUT2D eigenvalue weighted by Gasteiger charge is -2.22. The summed E-state index contributed by atoms with van der Waals surface area (Å²) in [5.74, 6) is 0. The van der Waals surface area contributed by atoms with E-state index in [4.69, 9.17) is 0 Å². The third kappa shape index (κ3) is 2.67. The Balaban J connectivity index is 2.85. The second-order valence-corrected chi connectivity index (χ2v) is 8.90. The van der Waals surface area contributed by atoms with Crippen molar-refractivity contribution in [1.82, 2.24) is 0 Å². The van der Waals surface area contributed by atoms with Crippen molar-refractivity contribution in [3.8, 4) is 0 Å². The largest absolute Gasteiger partial charge is 0.298 e. The first kappa shape index (κ1) is 10.9. The Morgan fingerprint density at radius 3 is 2.43 bits per heavy atom. The number of carbonyl (C=O) groups excluding carboxylic acids is 1. The first-order valence-electron chi connectivity index (χ1n) is 4.75. The van der Waals surface area contributed by atoms with Gasteiger partial charge in [-0.1, -0.05) is 55.2 Å². The summed E-state index contributed by atoms with van der Waals surface area (Å²) in [5.41, 5.74) is 0.713. The van der Waals surface area contributed by atoms with Gasteiger partial charge < -0.3 is 0 Å². The van der Waals surface area contributed by atoms with Gasteiger partial charge >= 0.3 is 0 Å². The fourth-order valence-corrected chi connectivity index (χ4v) is 4.12. The molecule has 74 valence electrons. The summed E-state index contributed by atoms with van der Waals surface area (Å²) in [6.07, 6.45) is 0.873. The average molecular weight is 204 g/mol. The van der Waals surface area contributed by atoms with Crippen LogP contribution in [0.1, 0.15) is 0 Å². The van der Waals surface area contributed by atoms with Gasteiger partial charge in [0.15, 0.2) is 0 Å². The van der Waals surface area contributed by atoms with E-state index in [0.29, 0.717) is 5.57 Å². The molecule has 0 saturated heterocycles. The Labute approximate surface area is 86.5 Å². The molecular formula is C12H16OSi. The Bertz CT molecular complexity index is 327. The summed E-state index contributed by atoms with van der Waals surface area (Å²) in [6.45, 7) is 8.27. The summed E-state index contributed by atoms with van der Waals surface area (Å²) < 4.78 is 0. The van der Waals surface area contributed by atoms with Gasteiger partial charge in [-0.15, -0.1) is 0 Å². The molecule has 0 atom stereocenters. The highest BCUT2D eigenvalue weighted by Gasteiger charge is 2.23. The molecule has 0 aliphatic rings. The lowest BCUT2D eigenvalue weighted by atomic mass is 10.4. The number of allylic oxidation sites excluding steroid dienone is 1. The van der Waals surface area contributed by atoms with Gasteiger partial charge in [0.25, 0.3) is 0 Å². The molecule has 1 aromatic rings. The van der Waals surface area contributed by atoms with E-state index in [1.807, 2.05) is 18.2 Å². The van der Waals surface area contributed by atoms with E-state index < -0.39 is 8.07 Å². The molecule has 0 spiro atoms. The highest BCUT2D eigenvalue weighted by molar-refractivity contribution is 6.90. The van der Waals surface area contributed by atoms with Crippen LogP contribution in [0.3, 0.4) is 0 Å². The molecule has 0 amide bonds. The van der Waals surface area contributed by atoms with Crippen LogP contribution in [-0.4, -0.2) is 14.4 Å². The van der Waals surface area contributed by atoms with Gasteiger partial charge in [0, 0.05) is 0 Å². The standard InChI is InChI=1S/C12H16OSi/c1-11(9-13)10-14(2,3)12-7-5-4-6-8-12/h4-9H,1,10H2,2-3H3. The molecule has 0 unspecified atom stereocenters. The summed E-state index contributed by atoms with van der Waals surface area (Å²) in [5, 5.41) is 1.38. The van der Waals surface area contributed by atoms with Gasteiger partial charge in [-0.3, -0.25) is 4.79 Å². The topological polar surface area (TPSA) is 17.1 Å². The number of rotatable bonds is 4. The molecule has 1 aromatic carbocycles. The van der Waals surface area contributed by atoms with Gasteiger partial charge in [0.2, 0.25) is 0 Å². The van der Waals surface area contributed by atoms with Crippen LogP contribution in [0, 0.1) is 0 Å². The maximum absolute atomic E-state index is 10.5. The lowest BCUT2D eigenvalue weighted by Crippen LogP contribution is -2.41. The van der Waals surface area contributed by atoms with Crippen molar-refractivity contribution in [2.24, 2.45) is 0 Å². The highest BCUT2D eigenvalue weighted by Crippen LogP contribution is 2.13. The Morgan fingerprint density at radius 1 is 1.36 bits per heavy atom. The van der Waals surface area contributed by atoms with Crippen LogP contribution in [0.5, 0.6) is 0 Å². The third-order valence-corrected chi connectivity index (χ3v) is 5.63. The van der Waals surface area contributed by atoms with Crippen LogP contribution in [-0.2, 0) is 4.79 Å². The van der Waals surface area contributed by atoms with Crippen LogP contribution >= 0.6 is 0 Å². The van der Waals surface area contributed by atoms with Crippen LogP contribution in [0.15, 0.2) is 42.5 Å². The molecule has 14 heavy (non-hydrogen) atoms. The molecule has 0 saturated carbocycles. The van der Waals surface area contributed by atoms with Crippen molar-refractivity contribution in [3.05, 3.63) is 42.5 Å². The monoisotopic (exact) mass is 204 g/mol. The normalized spacial score (nSPS) is 11.0. The zero-order valence-corrected chi connectivity index (χ0v) is 9.79. The van der Waals surface area contributed by atoms with Crippen LogP contribution in [0.4, 0.5) is 0 Å². The molecule has 1 rings (SSSR count). The van der Waals surface area contributed by atoms with Crippen molar-refractivity contribution < 1.29 is 4.79 Å². The zero-order valence-electron chi connectivity index (χ0n) is 8.79. The highest BCUT2D eigenvalue weighted by atomic mass is 28.3. The minimum Gasteiger partial charge on any atom is -0.298 e. The van der Waals surface area contributed by atoms with Crippen LogP contribution in [0.25, 0.3) is 0 Å². The van der Waals surface area contributed by atoms with E-state index in [9.17, 15) is 4.79 Å². The summed E-state index contributed by atoms with van der Waals surface area (Å²) in [7, 11) is -1.49.